The first-order chi connectivity index (χ1) is 14.6. The Morgan fingerprint density at radius 2 is 1.97 bits per heavy atom. The fourth-order valence-corrected chi connectivity index (χ4v) is 3.58. The third-order valence-electron chi connectivity index (χ3n) is 5.42. The molecule has 2 aliphatic rings. The maximum atomic E-state index is 13.2. The van der Waals surface area contributed by atoms with Gasteiger partial charge in [-0.05, 0) is 24.6 Å². The Balaban J connectivity index is 1.43. The monoisotopic (exact) mass is 401 g/mol. The molecule has 1 heterocycles. The Bertz CT molecular complexity index is 1040. The molecule has 4 rings (SSSR count). The Kier molecular flexibility index (Phi) is 5.48. The highest BCUT2D eigenvalue weighted by Crippen LogP contribution is 2.34. The molecule has 0 bridgehead atoms. The number of aliphatic imine (C=N–C) groups is 1. The number of hydrogen-bond donors (Lipinski definition) is 2. The lowest BCUT2D eigenvalue weighted by Gasteiger charge is -2.33. The summed E-state index contributed by atoms with van der Waals surface area (Å²) < 4.78 is 5.25. The predicted octanol–water partition coefficient (Wildman–Crippen LogP) is 3.86. The maximum Gasteiger partial charge on any atom is 0.412 e. The Labute approximate surface area is 175 Å². The number of fused-ring (bicyclic) bond motifs is 1. The predicted molar refractivity (Wildman–Crippen MR) is 116 cm³/mol. The van der Waals surface area contributed by atoms with Crippen molar-refractivity contribution >= 4 is 23.8 Å². The molecule has 0 aromatic heterocycles. The molecule has 1 aliphatic heterocycles. The van der Waals surface area contributed by atoms with Crippen LogP contribution in [-0.4, -0.2) is 30.7 Å². The van der Waals surface area contributed by atoms with Crippen molar-refractivity contribution in [2.45, 2.75) is 19.6 Å². The van der Waals surface area contributed by atoms with Gasteiger partial charge >= 0.3 is 6.09 Å². The molecular weight excluding hydrogens is 378 g/mol. The van der Waals surface area contributed by atoms with Crippen LogP contribution in [0.1, 0.15) is 18.1 Å². The number of amides is 1. The van der Waals surface area contributed by atoms with Crippen LogP contribution in [0, 0.1) is 5.41 Å². The number of carbonyl (C=O) groups is 2. The molecule has 0 radical (unpaired) electrons. The van der Waals surface area contributed by atoms with Gasteiger partial charge in [0.25, 0.3) is 0 Å². The Hall–Kier alpha value is -3.67. The fraction of sp³-hybridized carbons (Fsp3) is 0.208. The van der Waals surface area contributed by atoms with Crippen molar-refractivity contribution < 1.29 is 14.3 Å². The molecule has 1 amide bonds. The van der Waals surface area contributed by atoms with Gasteiger partial charge in [0.05, 0.1) is 17.2 Å². The lowest BCUT2D eigenvalue weighted by Crippen LogP contribution is -2.45. The van der Waals surface area contributed by atoms with Crippen LogP contribution in [0.5, 0.6) is 0 Å². The number of ether oxygens (including phenoxy) is 1. The van der Waals surface area contributed by atoms with E-state index in [2.05, 4.69) is 15.6 Å². The minimum atomic E-state index is -0.887. The number of allylic oxidation sites excluding steroid dienone is 3. The van der Waals surface area contributed by atoms with Gasteiger partial charge in [-0.2, -0.15) is 0 Å². The van der Waals surface area contributed by atoms with E-state index >= 15 is 0 Å². The van der Waals surface area contributed by atoms with E-state index in [9.17, 15) is 9.59 Å². The van der Waals surface area contributed by atoms with Gasteiger partial charge in [0, 0.05) is 24.0 Å². The molecule has 0 saturated heterocycles. The SMILES string of the molecule is CC1([C@@H]2CNc3ccccc3C=N2)C=CC=C(NC(=O)OCc2ccccc2)C1=O. The van der Waals surface area contributed by atoms with E-state index in [-0.39, 0.29) is 24.1 Å². The standard InChI is InChI=1S/C24H23N3O3/c1-24(21-15-25-19-11-6-5-10-18(19)14-26-21)13-7-12-20(22(24)28)27-23(29)30-16-17-8-3-2-4-9-17/h2-14,21,25H,15-16H2,1H3,(H,27,29)/t21-,24?/m0/s1. The molecule has 0 fully saturated rings. The Morgan fingerprint density at radius 3 is 2.80 bits per heavy atom. The number of nitrogens with one attached hydrogen (secondary N) is 2. The van der Waals surface area contributed by atoms with Gasteiger partial charge in [0.1, 0.15) is 6.61 Å². The van der Waals surface area contributed by atoms with E-state index in [0.29, 0.717) is 6.54 Å². The second-order valence-corrected chi connectivity index (χ2v) is 7.50. The molecule has 30 heavy (non-hydrogen) atoms. The quantitative estimate of drug-likeness (QED) is 0.815. The zero-order valence-corrected chi connectivity index (χ0v) is 16.7. The van der Waals surface area contributed by atoms with Crippen molar-refractivity contribution in [3.8, 4) is 0 Å². The second kappa shape index (κ2) is 8.37. The average Bonchev–Trinajstić information content (AvgIpc) is 2.99. The van der Waals surface area contributed by atoms with Crippen molar-refractivity contribution in [3.63, 3.8) is 0 Å². The summed E-state index contributed by atoms with van der Waals surface area (Å²) in [4.78, 5) is 30.1. The van der Waals surface area contributed by atoms with E-state index in [4.69, 9.17) is 4.74 Å². The van der Waals surface area contributed by atoms with E-state index in [1.807, 2.05) is 67.6 Å². The van der Waals surface area contributed by atoms with Gasteiger partial charge in [0.2, 0.25) is 0 Å². The van der Waals surface area contributed by atoms with Gasteiger partial charge in [0.15, 0.2) is 5.78 Å². The average molecular weight is 401 g/mol. The highest BCUT2D eigenvalue weighted by atomic mass is 16.5. The van der Waals surface area contributed by atoms with Crippen molar-refractivity contribution in [2.24, 2.45) is 10.4 Å². The van der Waals surface area contributed by atoms with Crippen molar-refractivity contribution in [3.05, 3.63) is 89.6 Å². The number of para-hydroxylation sites is 1. The van der Waals surface area contributed by atoms with Crippen LogP contribution in [0.3, 0.4) is 0 Å². The van der Waals surface area contributed by atoms with Gasteiger partial charge in [-0.1, -0.05) is 60.7 Å². The van der Waals surface area contributed by atoms with Crippen molar-refractivity contribution in [2.75, 3.05) is 11.9 Å². The van der Waals surface area contributed by atoms with Crippen LogP contribution in [-0.2, 0) is 16.1 Å². The number of benzene rings is 2. The first kappa shape index (κ1) is 19.6. The molecule has 0 spiro atoms. The van der Waals surface area contributed by atoms with Crippen LogP contribution in [0.4, 0.5) is 10.5 Å². The largest absolute Gasteiger partial charge is 0.444 e. The number of benzodiazepines with no additional fused rings is 1. The lowest BCUT2D eigenvalue weighted by atomic mass is 9.74. The van der Waals surface area contributed by atoms with Crippen LogP contribution < -0.4 is 10.6 Å². The molecule has 2 aromatic carbocycles. The summed E-state index contributed by atoms with van der Waals surface area (Å²) in [5.41, 5.74) is 2.16. The van der Waals surface area contributed by atoms with E-state index in [0.717, 1.165) is 16.8 Å². The highest BCUT2D eigenvalue weighted by Gasteiger charge is 2.42. The molecule has 6 heteroatoms. The fourth-order valence-electron chi connectivity index (χ4n) is 3.58. The smallest absolute Gasteiger partial charge is 0.412 e. The molecule has 1 aliphatic carbocycles. The third-order valence-corrected chi connectivity index (χ3v) is 5.42. The summed E-state index contributed by atoms with van der Waals surface area (Å²) in [5.74, 6) is -0.198. The van der Waals surface area contributed by atoms with Crippen LogP contribution in [0.2, 0.25) is 0 Å². The van der Waals surface area contributed by atoms with Crippen LogP contribution in [0.25, 0.3) is 0 Å². The normalized spacial score (nSPS) is 22.4. The highest BCUT2D eigenvalue weighted by molar-refractivity contribution is 6.05. The van der Waals surface area contributed by atoms with Gasteiger partial charge < -0.3 is 10.1 Å². The van der Waals surface area contributed by atoms with E-state index in [1.165, 1.54) is 0 Å². The van der Waals surface area contributed by atoms with E-state index in [1.54, 1.807) is 18.4 Å². The summed E-state index contributed by atoms with van der Waals surface area (Å²) >= 11 is 0. The number of hydrogen-bond acceptors (Lipinski definition) is 5. The van der Waals surface area contributed by atoms with Crippen molar-refractivity contribution in [1.82, 2.24) is 5.32 Å². The minimum Gasteiger partial charge on any atom is -0.444 e. The first-order valence-corrected chi connectivity index (χ1v) is 9.84. The molecule has 2 atom stereocenters. The van der Waals surface area contributed by atoms with Crippen molar-refractivity contribution in [1.29, 1.82) is 0 Å². The van der Waals surface area contributed by atoms with Crippen LogP contribution >= 0.6 is 0 Å². The van der Waals surface area contributed by atoms with E-state index < -0.39 is 11.5 Å². The lowest BCUT2D eigenvalue weighted by molar-refractivity contribution is -0.123. The molecule has 0 saturated carbocycles. The number of Topliss-reactive ketones (excluding diaryl/α,β-unsaturated/α-hetero) is 1. The second-order valence-electron chi connectivity index (χ2n) is 7.50. The summed E-state index contributed by atoms with van der Waals surface area (Å²) in [6.07, 6.45) is 6.35. The van der Waals surface area contributed by atoms with Gasteiger partial charge in [-0.15, -0.1) is 0 Å². The molecular formula is C24H23N3O3. The molecule has 152 valence electrons. The number of carbonyl (C=O) groups excluding carboxylic acids is 2. The summed E-state index contributed by atoms with van der Waals surface area (Å²) in [7, 11) is 0. The van der Waals surface area contributed by atoms with Gasteiger partial charge in [-0.3, -0.25) is 15.1 Å². The number of alkyl carbamates (subject to hydrolysis) is 1. The third kappa shape index (κ3) is 4.03. The van der Waals surface area contributed by atoms with Gasteiger partial charge in [-0.25, -0.2) is 4.79 Å². The number of ketones is 1. The maximum absolute atomic E-state index is 13.2. The molecule has 6 nitrogen and oxygen atoms in total. The van der Waals surface area contributed by atoms with Crippen LogP contribution in [0.15, 0.2) is 83.5 Å². The number of rotatable bonds is 4. The molecule has 1 unspecified atom stereocenters. The summed E-state index contributed by atoms with van der Waals surface area (Å²) in [5, 5.41) is 5.96. The number of nitrogens with zero attached hydrogens (tertiary/aromatic N) is 1. The topological polar surface area (TPSA) is 79.8 Å². The molecule has 2 aromatic rings. The summed E-state index contributed by atoms with van der Waals surface area (Å²) in [6.45, 7) is 2.48. The molecule has 2 N–H and O–H groups in total. The zero-order chi connectivity index (χ0) is 21.0. The first-order valence-electron chi connectivity index (χ1n) is 9.84. The number of anilines is 1. The Morgan fingerprint density at radius 1 is 1.20 bits per heavy atom. The zero-order valence-electron chi connectivity index (χ0n) is 16.7. The minimum absolute atomic E-state index is 0.135. The summed E-state index contributed by atoms with van der Waals surface area (Å²) in [6, 6.07) is 16.9.